The summed E-state index contributed by atoms with van der Waals surface area (Å²) in [6, 6.07) is -0.905. The first-order valence-electron chi connectivity index (χ1n) is 25.6. The smallest absolute Gasteiger partial charge is 0.387 e. The number of rotatable bonds is 48. The molecule has 0 aliphatic rings. The minimum atomic E-state index is -4.71. The van der Waals surface area contributed by atoms with Gasteiger partial charge in [0, 0.05) is 6.42 Å². The lowest BCUT2D eigenvalue weighted by Crippen LogP contribution is -2.45. The molecule has 0 aliphatic heterocycles. The largest absolute Gasteiger partial charge is 0.469 e. The van der Waals surface area contributed by atoms with E-state index in [1.54, 1.807) is 6.08 Å². The number of unbranched alkanes of at least 4 members (excludes halogenated alkanes) is 39. The molecular formula is C50H100NO6P. The molecular weight excluding hydrogens is 742 g/mol. The molecule has 8 heteroatoms. The van der Waals surface area contributed by atoms with Gasteiger partial charge in [0.05, 0.1) is 18.8 Å². The molecule has 0 aromatic rings. The normalized spacial score (nSPS) is 13.1. The molecule has 0 aromatic heterocycles. The van der Waals surface area contributed by atoms with Gasteiger partial charge in [-0.3, -0.25) is 9.32 Å². The van der Waals surface area contributed by atoms with Crippen molar-refractivity contribution < 1.29 is 28.8 Å². The molecule has 1 amide bonds. The average molecular weight is 842 g/mol. The van der Waals surface area contributed by atoms with E-state index < -0.39 is 26.6 Å². The van der Waals surface area contributed by atoms with Crippen LogP contribution in [0.15, 0.2) is 12.2 Å². The summed E-state index contributed by atoms with van der Waals surface area (Å²) in [5.74, 6) is -0.221. The van der Waals surface area contributed by atoms with Crippen molar-refractivity contribution in [1.29, 1.82) is 0 Å². The van der Waals surface area contributed by atoms with Crippen LogP contribution in [-0.4, -0.2) is 39.6 Å². The van der Waals surface area contributed by atoms with Gasteiger partial charge in [0.2, 0.25) is 5.91 Å². The molecule has 0 rings (SSSR count). The number of allylic oxidation sites excluding steroid dienone is 1. The Hall–Kier alpha value is -0.720. The van der Waals surface area contributed by atoms with Crippen LogP contribution in [0.5, 0.6) is 0 Å². The lowest BCUT2D eigenvalue weighted by Gasteiger charge is -2.22. The molecule has 0 aromatic carbocycles. The summed E-state index contributed by atoms with van der Waals surface area (Å²) >= 11 is 0. The number of amides is 1. The number of carbonyl (C=O) groups excluding carboxylic acids is 1. The maximum absolute atomic E-state index is 12.6. The molecule has 0 saturated carbocycles. The summed E-state index contributed by atoms with van der Waals surface area (Å²) in [6.45, 7) is 4.09. The SMILES string of the molecule is CCCCCCCCCCC/C=C/[C@@H](O)[C@H](COP(=O)(O)O)NC(=O)CCCCCCCCCCCCCCCCCCCCCCCCCCCCCCCCC. The Morgan fingerprint density at radius 1 is 0.483 bits per heavy atom. The first-order chi connectivity index (χ1) is 28.3. The quantitative estimate of drug-likeness (QED) is 0.0275. The summed E-state index contributed by atoms with van der Waals surface area (Å²) in [5, 5.41) is 13.4. The Kier molecular flexibility index (Phi) is 45.2. The minimum absolute atomic E-state index is 0.221. The van der Waals surface area contributed by atoms with E-state index in [4.69, 9.17) is 9.79 Å². The van der Waals surface area contributed by atoms with Crippen molar-refractivity contribution in [3.63, 3.8) is 0 Å². The van der Waals surface area contributed by atoms with Gasteiger partial charge >= 0.3 is 7.82 Å². The van der Waals surface area contributed by atoms with Crippen LogP contribution in [0.2, 0.25) is 0 Å². The van der Waals surface area contributed by atoms with E-state index in [0.717, 1.165) is 38.5 Å². The zero-order valence-electron chi connectivity index (χ0n) is 38.7. The summed E-state index contributed by atoms with van der Waals surface area (Å²) in [5.41, 5.74) is 0. The molecule has 0 bridgehead atoms. The highest BCUT2D eigenvalue weighted by Gasteiger charge is 2.24. The van der Waals surface area contributed by atoms with Crippen LogP contribution in [0.25, 0.3) is 0 Å². The van der Waals surface area contributed by atoms with Crippen molar-refractivity contribution in [2.45, 2.75) is 296 Å². The second-order valence-electron chi connectivity index (χ2n) is 17.9. The van der Waals surface area contributed by atoms with E-state index in [0.29, 0.717) is 6.42 Å². The number of aliphatic hydroxyl groups is 1. The number of hydrogen-bond acceptors (Lipinski definition) is 4. The van der Waals surface area contributed by atoms with Gasteiger partial charge in [0.1, 0.15) is 0 Å². The Bertz CT molecular complexity index is 911. The highest BCUT2D eigenvalue weighted by Crippen LogP contribution is 2.36. The molecule has 4 N–H and O–H groups in total. The highest BCUT2D eigenvalue weighted by molar-refractivity contribution is 7.46. The Labute approximate surface area is 361 Å². The second-order valence-corrected chi connectivity index (χ2v) is 19.1. The lowest BCUT2D eigenvalue weighted by molar-refractivity contribution is -0.123. The van der Waals surface area contributed by atoms with E-state index in [-0.39, 0.29) is 5.91 Å². The maximum Gasteiger partial charge on any atom is 0.469 e. The van der Waals surface area contributed by atoms with E-state index in [2.05, 4.69) is 23.7 Å². The monoisotopic (exact) mass is 842 g/mol. The summed E-state index contributed by atoms with van der Waals surface area (Å²) < 4.78 is 15.9. The molecule has 7 nitrogen and oxygen atoms in total. The number of hydrogen-bond donors (Lipinski definition) is 4. The molecule has 0 radical (unpaired) electrons. The number of phosphoric ester groups is 1. The van der Waals surface area contributed by atoms with Crippen LogP contribution in [0.4, 0.5) is 0 Å². The second kappa shape index (κ2) is 45.8. The van der Waals surface area contributed by atoms with Crippen molar-refractivity contribution in [3.05, 3.63) is 12.2 Å². The van der Waals surface area contributed by atoms with Crippen LogP contribution in [0, 0.1) is 0 Å². The van der Waals surface area contributed by atoms with Crippen molar-refractivity contribution in [1.82, 2.24) is 5.32 Å². The molecule has 0 fully saturated rings. The first-order valence-corrected chi connectivity index (χ1v) is 27.2. The fourth-order valence-electron chi connectivity index (χ4n) is 8.11. The number of carbonyl (C=O) groups is 1. The third kappa shape index (κ3) is 46.3. The van der Waals surface area contributed by atoms with Gasteiger partial charge in [-0.1, -0.05) is 270 Å². The van der Waals surface area contributed by atoms with Crippen LogP contribution in [0.1, 0.15) is 284 Å². The van der Waals surface area contributed by atoms with Crippen molar-refractivity contribution in [3.8, 4) is 0 Å². The van der Waals surface area contributed by atoms with Crippen LogP contribution in [-0.2, 0) is 13.9 Å². The van der Waals surface area contributed by atoms with Crippen molar-refractivity contribution in [2.75, 3.05) is 6.61 Å². The molecule has 2 atom stereocenters. The fourth-order valence-corrected chi connectivity index (χ4v) is 8.46. The van der Waals surface area contributed by atoms with Gasteiger partial charge in [0.15, 0.2) is 0 Å². The predicted octanol–water partition coefficient (Wildman–Crippen LogP) is 15.9. The summed E-state index contributed by atoms with van der Waals surface area (Å²) in [6.07, 6.45) is 57.1. The third-order valence-electron chi connectivity index (χ3n) is 12.0. The van der Waals surface area contributed by atoms with E-state index in [9.17, 15) is 14.5 Å². The molecule has 0 spiro atoms. The van der Waals surface area contributed by atoms with E-state index in [1.807, 2.05) is 6.08 Å². The molecule has 0 saturated heterocycles. The predicted molar refractivity (Wildman–Crippen MR) is 250 cm³/mol. The van der Waals surface area contributed by atoms with Crippen LogP contribution in [0.3, 0.4) is 0 Å². The fraction of sp³-hybridized carbons (Fsp3) is 0.940. The zero-order chi connectivity index (χ0) is 42.5. The van der Waals surface area contributed by atoms with Gasteiger partial charge in [-0.2, -0.15) is 0 Å². The Balaban J connectivity index is 3.64. The topological polar surface area (TPSA) is 116 Å². The molecule has 0 unspecified atom stereocenters. The number of nitrogens with one attached hydrogen (secondary N) is 1. The van der Waals surface area contributed by atoms with Crippen molar-refractivity contribution in [2.24, 2.45) is 0 Å². The van der Waals surface area contributed by atoms with Crippen LogP contribution >= 0.6 is 7.82 Å². The summed E-state index contributed by atoms with van der Waals surface area (Å²) in [4.78, 5) is 30.9. The van der Waals surface area contributed by atoms with Gasteiger partial charge in [-0.25, -0.2) is 4.57 Å². The average Bonchev–Trinajstić information content (AvgIpc) is 3.20. The standard InChI is InChI=1S/C50H100NO6P/c1-3-5-7-9-11-13-15-16-17-18-19-20-21-22-23-24-25-26-27-28-29-30-31-32-33-34-36-38-40-42-44-46-50(53)51-48(47-57-58(54,55)56)49(52)45-43-41-39-37-35-14-12-10-8-6-4-2/h43,45,48-49,52H,3-42,44,46-47H2,1-2H3,(H,51,53)(H2,54,55,56)/b45-43+/t48-,49+/m0/s1. The van der Waals surface area contributed by atoms with Gasteiger partial charge in [-0.15, -0.1) is 0 Å². The summed E-state index contributed by atoms with van der Waals surface area (Å²) in [7, 11) is -4.71. The number of aliphatic hydroxyl groups excluding tert-OH is 1. The lowest BCUT2D eigenvalue weighted by atomic mass is 10.0. The highest BCUT2D eigenvalue weighted by atomic mass is 31.2. The molecule has 0 heterocycles. The molecule has 0 aliphatic carbocycles. The minimum Gasteiger partial charge on any atom is -0.387 e. The Morgan fingerprint density at radius 2 is 0.759 bits per heavy atom. The van der Waals surface area contributed by atoms with Crippen molar-refractivity contribution >= 4 is 13.7 Å². The third-order valence-corrected chi connectivity index (χ3v) is 12.5. The number of phosphoric acid groups is 1. The maximum atomic E-state index is 12.6. The Morgan fingerprint density at radius 3 is 1.05 bits per heavy atom. The van der Waals surface area contributed by atoms with Gasteiger partial charge in [-0.05, 0) is 19.3 Å². The zero-order valence-corrected chi connectivity index (χ0v) is 39.6. The first kappa shape index (κ1) is 57.3. The van der Waals surface area contributed by atoms with Crippen LogP contribution < -0.4 is 5.32 Å². The van der Waals surface area contributed by atoms with Gasteiger partial charge in [0.25, 0.3) is 0 Å². The molecule has 346 valence electrons. The van der Waals surface area contributed by atoms with E-state index >= 15 is 0 Å². The molecule has 58 heavy (non-hydrogen) atoms. The van der Waals surface area contributed by atoms with E-state index in [1.165, 1.54) is 225 Å². The van der Waals surface area contributed by atoms with Gasteiger partial charge < -0.3 is 20.2 Å².